The second-order valence-corrected chi connectivity index (χ2v) is 4.29. The fourth-order valence-corrected chi connectivity index (χ4v) is 1.95. The van der Waals surface area contributed by atoms with Gasteiger partial charge in [-0.3, -0.25) is 0 Å². The van der Waals surface area contributed by atoms with E-state index < -0.39 is 11.7 Å². The van der Waals surface area contributed by atoms with E-state index in [4.69, 9.17) is 10.00 Å². The molecule has 0 aliphatic rings. The normalized spacial score (nSPS) is 11.0. The molecule has 0 saturated heterocycles. The van der Waals surface area contributed by atoms with Crippen LogP contribution in [0.2, 0.25) is 0 Å². The van der Waals surface area contributed by atoms with Gasteiger partial charge in [-0.1, -0.05) is 6.07 Å². The number of phenols is 1. The summed E-state index contributed by atoms with van der Waals surface area (Å²) in [5.41, 5.74) is -0.200. The van der Waals surface area contributed by atoms with Crippen LogP contribution < -0.4 is 4.74 Å². The van der Waals surface area contributed by atoms with E-state index in [9.17, 15) is 18.3 Å². The van der Waals surface area contributed by atoms with Crippen LogP contribution in [-0.2, 0) is 6.18 Å². The fourth-order valence-electron chi connectivity index (χ4n) is 1.95. The zero-order valence-corrected chi connectivity index (χ0v) is 10.9. The molecule has 0 saturated carbocycles. The van der Waals surface area contributed by atoms with E-state index in [1.165, 1.54) is 30.3 Å². The molecule has 0 bridgehead atoms. The molecule has 1 N–H and O–H groups in total. The summed E-state index contributed by atoms with van der Waals surface area (Å²) in [5, 5.41) is 18.4. The summed E-state index contributed by atoms with van der Waals surface area (Å²) in [6.45, 7) is 0. The van der Waals surface area contributed by atoms with Gasteiger partial charge in [0.15, 0.2) is 0 Å². The summed E-state index contributed by atoms with van der Waals surface area (Å²) in [7, 11) is 1.16. The van der Waals surface area contributed by atoms with E-state index in [0.29, 0.717) is 5.56 Å². The highest BCUT2D eigenvalue weighted by Gasteiger charge is 2.34. The molecular formula is C15H10F3NO2. The molecule has 0 aliphatic carbocycles. The van der Waals surface area contributed by atoms with Crippen molar-refractivity contribution in [2.75, 3.05) is 7.11 Å². The van der Waals surface area contributed by atoms with E-state index >= 15 is 0 Å². The van der Waals surface area contributed by atoms with E-state index in [1.807, 2.05) is 6.07 Å². The standard InChI is InChI=1S/C15H10F3NO2/c1-21-14-3-2-10(7-13(14)15(16,17)18)11-4-9(8-19)5-12(20)6-11/h2-7,20H,1H3. The molecule has 2 rings (SSSR count). The lowest BCUT2D eigenvalue weighted by Gasteiger charge is -2.13. The second-order valence-electron chi connectivity index (χ2n) is 4.29. The molecular weight excluding hydrogens is 283 g/mol. The topological polar surface area (TPSA) is 53.2 Å². The summed E-state index contributed by atoms with van der Waals surface area (Å²) in [5.74, 6) is -0.472. The maximum Gasteiger partial charge on any atom is 0.419 e. The first kappa shape index (κ1) is 14.7. The molecule has 0 spiro atoms. The van der Waals surface area contributed by atoms with Crippen molar-refractivity contribution in [3.8, 4) is 28.7 Å². The van der Waals surface area contributed by atoms with Crippen molar-refractivity contribution in [3.05, 3.63) is 47.5 Å². The van der Waals surface area contributed by atoms with Crippen LogP contribution in [0.5, 0.6) is 11.5 Å². The maximum absolute atomic E-state index is 13.0. The van der Waals surface area contributed by atoms with Crippen molar-refractivity contribution in [2.24, 2.45) is 0 Å². The summed E-state index contributed by atoms with van der Waals surface area (Å²) in [6, 6.07) is 9.33. The van der Waals surface area contributed by atoms with Crippen LogP contribution in [0.25, 0.3) is 11.1 Å². The largest absolute Gasteiger partial charge is 0.508 e. The third kappa shape index (κ3) is 3.08. The predicted molar refractivity (Wildman–Crippen MR) is 69.8 cm³/mol. The smallest absolute Gasteiger partial charge is 0.419 e. The molecule has 21 heavy (non-hydrogen) atoms. The highest BCUT2D eigenvalue weighted by molar-refractivity contribution is 5.69. The maximum atomic E-state index is 13.0. The number of hydrogen-bond acceptors (Lipinski definition) is 3. The highest BCUT2D eigenvalue weighted by Crippen LogP contribution is 2.39. The molecule has 0 amide bonds. The van der Waals surface area contributed by atoms with E-state index in [-0.39, 0.29) is 22.6 Å². The van der Waals surface area contributed by atoms with E-state index in [2.05, 4.69) is 0 Å². The van der Waals surface area contributed by atoms with Crippen molar-refractivity contribution < 1.29 is 23.0 Å². The van der Waals surface area contributed by atoms with Gasteiger partial charge in [0.2, 0.25) is 0 Å². The zero-order chi connectivity index (χ0) is 15.6. The van der Waals surface area contributed by atoms with E-state index in [1.54, 1.807) is 0 Å². The Kier molecular flexibility index (Phi) is 3.76. The Morgan fingerprint density at radius 1 is 1.10 bits per heavy atom. The molecule has 6 heteroatoms. The van der Waals surface area contributed by atoms with E-state index in [0.717, 1.165) is 13.2 Å². The third-order valence-electron chi connectivity index (χ3n) is 2.89. The molecule has 108 valence electrons. The SMILES string of the molecule is COc1ccc(-c2cc(O)cc(C#N)c2)cc1C(F)(F)F. The molecule has 0 aliphatic heterocycles. The molecule has 0 atom stereocenters. The molecule has 0 unspecified atom stereocenters. The highest BCUT2D eigenvalue weighted by atomic mass is 19.4. The number of benzene rings is 2. The lowest BCUT2D eigenvalue weighted by Crippen LogP contribution is -2.07. The zero-order valence-electron chi connectivity index (χ0n) is 10.9. The van der Waals surface area contributed by atoms with Crippen molar-refractivity contribution >= 4 is 0 Å². The summed E-state index contributed by atoms with van der Waals surface area (Å²) in [6.07, 6.45) is -4.56. The number of rotatable bonds is 2. The van der Waals surface area contributed by atoms with Crippen molar-refractivity contribution in [3.63, 3.8) is 0 Å². The van der Waals surface area contributed by atoms with Gasteiger partial charge in [0.05, 0.1) is 24.3 Å². The fraction of sp³-hybridized carbons (Fsp3) is 0.133. The number of hydrogen-bond donors (Lipinski definition) is 1. The lowest BCUT2D eigenvalue weighted by molar-refractivity contribution is -0.138. The number of methoxy groups -OCH3 is 1. The van der Waals surface area contributed by atoms with Crippen LogP contribution in [0, 0.1) is 11.3 Å². The number of ether oxygens (including phenoxy) is 1. The van der Waals surface area contributed by atoms with Crippen LogP contribution in [-0.4, -0.2) is 12.2 Å². The van der Waals surface area contributed by atoms with Gasteiger partial charge in [-0.2, -0.15) is 18.4 Å². The monoisotopic (exact) mass is 293 g/mol. The third-order valence-corrected chi connectivity index (χ3v) is 2.89. The Morgan fingerprint density at radius 3 is 2.38 bits per heavy atom. The summed E-state index contributed by atoms with van der Waals surface area (Å²) >= 11 is 0. The molecule has 0 radical (unpaired) electrons. The number of nitriles is 1. The van der Waals surface area contributed by atoms with Gasteiger partial charge in [-0.25, -0.2) is 0 Å². The number of halogens is 3. The van der Waals surface area contributed by atoms with Crippen molar-refractivity contribution in [2.45, 2.75) is 6.18 Å². The molecule has 0 aromatic heterocycles. The molecule has 2 aromatic carbocycles. The molecule has 3 nitrogen and oxygen atoms in total. The van der Waals surface area contributed by atoms with Gasteiger partial charge in [0.1, 0.15) is 11.5 Å². The van der Waals surface area contributed by atoms with Gasteiger partial charge in [0, 0.05) is 0 Å². The Balaban J connectivity index is 2.61. The number of nitrogens with zero attached hydrogens (tertiary/aromatic N) is 1. The Bertz CT molecular complexity index is 718. The second kappa shape index (κ2) is 5.37. The van der Waals surface area contributed by atoms with Gasteiger partial charge in [-0.15, -0.1) is 0 Å². The first-order valence-corrected chi connectivity index (χ1v) is 5.85. The predicted octanol–water partition coefficient (Wildman–Crippen LogP) is 3.96. The van der Waals surface area contributed by atoms with Gasteiger partial charge < -0.3 is 9.84 Å². The summed E-state index contributed by atoms with van der Waals surface area (Å²) in [4.78, 5) is 0. The van der Waals surface area contributed by atoms with Crippen LogP contribution in [0.3, 0.4) is 0 Å². The quantitative estimate of drug-likeness (QED) is 0.911. The lowest BCUT2D eigenvalue weighted by atomic mass is 10.00. The average Bonchev–Trinajstić information content (AvgIpc) is 2.45. The number of alkyl halides is 3. The average molecular weight is 293 g/mol. The minimum atomic E-state index is -4.56. The number of phenolic OH excluding ortho intramolecular Hbond substituents is 1. The van der Waals surface area contributed by atoms with Gasteiger partial charge >= 0.3 is 6.18 Å². The van der Waals surface area contributed by atoms with Crippen LogP contribution in [0.1, 0.15) is 11.1 Å². The Labute approximate surface area is 118 Å². The van der Waals surface area contributed by atoms with Crippen LogP contribution >= 0.6 is 0 Å². The minimum Gasteiger partial charge on any atom is -0.508 e. The van der Waals surface area contributed by atoms with Crippen molar-refractivity contribution in [1.82, 2.24) is 0 Å². The van der Waals surface area contributed by atoms with Crippen molar-refractivity contribution in [1.29, 1.82) is 5.26 Å². The molecule has 0 fully saturated rings. The molecule has 0 heterocycles. The Morgan fingerprint density at radius 2 is 1.81 bits per heavy atom. The Hall–Kier alpha value is -2.68. The van der Waals surface area contributed by atoms with Crippen LogP contribution in [0.4, 0.5) is 13.2 Å². The summed E-state index contributed by atoms with van der Waals surface area (Å²) < 4.78 is 43.6. The first-order chi connectivity index (χ1) is 9.85. The minimum absolute atomic E-state index is 0.161. The number of aromatic hydroxyl groups is 1. The molecule has 2 aromatic rings. The first-order valence-electron chi connectivity index (χ1n) is 5.85. The van der Waals surface area contributed by atoms with Crippen LogP contribution in [0.15, 0.2) is 36.4 Å². The van der Waals surface area contributed by atoms with Gasteiger partial charge in [0.25, 0.3) is 0 Å². The van der Waals surface area contributed by atoms with Gasteiger partial charge in [-0.05, 0) is 41.5 Å².